The van der Waals surface area contributed by atoms with E-state index in [9.17, 15) is 0 Å². The van der Waals surface area contributed by atoms with E-state index in [1.807, 2.05) is 26.2 Å². The molecule has 2 rings (SSSR count). The van der Waals surface area contributed by atoms with Gasteiger partial charge in [0.2, 0.25) is 0 Å². The van der Waals surface area contributed by atoms with E-state index in [-0.39, 0.29) is 0 Å². The molecule has 2 heterocycles. The zero-order valence-electron chi connectivity index (χ0n) is 8.75. The van der Waals surface area contributed by atoms with Crippen molar-refractivity contribution in [3.8, 4) is 0 Å². The largest absolute Gasteiger partial charge is 0.302 e. The molecule has 1 aromatic rings. The van der Waals surface area contributed by atoms with Gasteiger partial charge < -0.3 is 4.90 Å². The van der Waals surface area contributed by atoms with Crippen LogP contribution in [0.25, 0.3) is 0 Å². The highest BCUT2D eigenvalue weighted by Crippen LogP contribution is 2.15. The lowest BCUT2D eigenvalue weighted by Crippen LogP contribution is -2.26. The van der Waals surface area contributed by atoms with Gasteiger partial charge in [-0.15, -0.1) is 0 Å². The Morgan fingerprint density at radius 2 is 2.08 bits per heavy atom. The van der Waals surface area contributed by atoms with Crippen LogP contribution in [0.1, 0.15) is 25.0 Å². The van der Waals surface area contributed by atoms with Gasteiger partial charge in [0.1, 0.15) is 0 Å². The highest BCUT2D eigenvalue weighted by molar-refractivity contribution is 5.25. The number of aromatic nitrogens is 1. The minimum absolute atomic E-state index is 1.08. The molecule has 0 saturated heterocycles. The van der Waals surface area contributed by atoms with Crippen molar-refractivity contribution >= 4 is 0 Å². The SMILES string of the molecule is CC.CN1CCc2cnccc2C1. The molecule has 2 heteroatoms. The van der Waals surface area contributed by atoms with Gasteiger partial charge in [-0.05, 0) is 30.7 Å². The molecule has 1 aromatic heterocycles. The zero-order chi connectivity index (χ0) is 9.68. The summed E-state index contributed by atoms with van der Waals surface area (Å²) in [6, 6.07) is 2.12. The maximum absolute atomic E-state index is 4.10. The summed E-state index contributed by atoms with van der Waals surface area (Å²) in [6.07, 6.45) is 5.01. The zero-order valence-corrected chi connectivity index (χ0v) is 8.75. The van der Waals surface area contributed by atoms with Crippen molar-refractivity contribution < 1.29 is 0 Å². The molecule has 0 atom stereocenters. The number of nitrogens with zero attached hydrogens (tertiary/aromatic N) is 2. The Hall–Kier alpha value is -0.890. The molecule has 72 valence electrons. The van der Waals surface area contributed by atoms with Crippen LogP contribution in [-0.4, -0.2) is 23.5 Å². The summed E-state index contributed by atoms with van der Waals surface area (Å²) in [7, 11) is 2.16. The molecule has 0 N–H and O–H groups in total. The second-order valence-corrected chi connectivity index (χ2v) is 3.13. The molecule has 1 aliphatic rings. The molecular formula is C11H18N2. The molecule has 1 aliphatic heterocycles. The van der Waals surface area contributed by atoms with Gasteiger partial charge in [0.15, 0.2) is 0 Å². The van der Waals surface area contributed by atoms with Crippen LogP contribution in [0.5, 0.6) is 0 Å². The van der Waals surface area contributed by atoms with Gasteiger partial charge in [0, 0.05) is 25.5 Å². The molecule has 0 aliphatic carbocycles. The van der Waals surface area contributed by atoms with Crippen LogP contribution in [0, 0.1) is 0 Å². The quantitative estimate of drug-likeness (QED) is 0.605. The van der Waals surface area contributed by atoms with Crippen LogP contribution in [0.15, 0.2) is 18.5 Å². The topological polar surface area (TPSA) is 16.1 Å². The molecule has 13 heavy (non-hydrogen) atoms. The standard InChI is InChI=1S/C9H12N2.C2H6/c1-11-5-3-8-6-10-4-2-9(8)7-11;1-2/h2,4,6H,3,5,7H2,1H3;1-2H3. The molecule has 0 saturated carbocycles. The fraction of sp³-hybridized carbons (Fsp3) is 0.545. The summed E-state index contributed by atoms with van der Waals surface area (Å²) >= 11 is 0. The number of pyridine rings is 1. The molecule has 0 unspecified atom stereocenters. The Labute approximate surface area is 80.6 Å². The lowest BCUT2D eigenvalue weighted by atomic mass is 10.0. The third-order valence-corrected chi connectivity index (χ3v) is 2.21. The first-order valence-corrected chi connectivity index (χ1v) is 4.96. The Morgan fingerprint density at radius 1 is 1.31 bits per heavy atom. The van der Waals surface area contributed by atoms with Crippen molar-refractivity contribution in [2.24, 2.45) is 0 Å². The van der Waals surface area contributed by atoms with Crippen LogP contribution in [0.4, 0.5) is 0 Å². The average Bonchev–Trinajstić information content (AvgIpc) is 2.21. The molecule has 0 fully saturated rings. The van der Waals surface area contributed by atoms with Crippen molar-refractivity contribution in [2.45, 2.75) is 26.8 Å². The van der Waals surface area contributed by atoms with E-state index in [4.69, 9.17) is 0 Å². The van der Waals surface area contributed by atoms with E-state index in [1.165, 1.54) is 17.7 Å². The monoisotopic (exact) mass is 178 g/mol. The molecule has 0 amide bonds. The maximum atomic E-state index is 4.10. The first-order chi connectivity index (χ1) is 6.36. The summed E-state index contributed by atoms with van der Waals surface area (Å²) in [6.45, 7) is 6.25. The number of hydrogen-bond donors (Lipinski definition) is 0. The second-order valence-electron chi connectivity index (χ2n) is 3.13. The van der Waals surface area contributed by atoms with Gasteiger partial charge in [0.05, 0.1) is 0 Å². The van der Waals surface area contributed by atoms with Gasteiger partial charge in [-0.1, -0.05) is 13.8 Å². The molecule has 0 spiro atoms. The molecular weight excluding hydrogens is 160 g/mol. The van der Waals surface area contributed by atoms with Crippen molar-refractivity contribution in [3.05, 3.63) is 29.6 Å². The van der Waals surface area contributed by atoms with E-state index in [0.717, 1.165) is 13.0 Å². The fourth-order valence-electron chi connectivity index (χ4n) is 1.52. The van der Waals surface area contributed by atoms with Crippen LogP contribution in [-0.2, 0) is 13.0 Å². The first-order valence-electron chi connectivity index (χ1n) is 4.96. The third kappa shape index (κ3) is 2.52. The lowest BCUT2D eigenvalue weighted by Gasteiger charge is -2.23. The average molecular weight is 178 g/mol. The van der Waals surface area contributed by atoms with Crippen LogP contribution < -0.4 is 0 Å². The Kier molecular flexibility index (Phi) is 3.90. The minimum atomic E-state index is 1.08. The predicted octanol–water partition coefficient (Wildman–Crippen LogP) is 2.10. The van der Waals surface area contributed by atoms with Gasteiger partial charge in [-0.2, -0.15) is 0 Å². The third-order valence-electron chi connectivity index (χ3n) is 2.21. The van der Waals surface area contributed by atoms with Crippen LogP contribution in [0.2, 0.25) is 0 Å². The Bertz CT molecular complexity index is 258. The Morgan fingerprint density at radius 3 is 2.85 bits per heavy atom. The summed E-state index contributed by atoms with van der Waals surface area (Å²) in [5, 5.41) is 0. The van der Waals surface area contributed by atoms with E-state index >= 15 is 0 Å². The predicted molar refractivity (Wildman–Crippen MR) is 55.6 cm³/mol. The summed E-state index contributed by atoms with van der Waals surface area (Å²) < 4.78 is 0. The van der Waals surface area contributed by atoms with Gasteiger partial charge in [-0.3, -0.25) is 4.98 Å². The van der Waals surface area contributed by atoms with E-state index in [2.05, 4.69) is 23.0 Å². The molecule has 2 nitrogen and oxygen atoms in total. The summed E-state index contributed by atoms with van der Waals surface area (Å²) in [5.41, 5.74) is 2.86. The Balaban J connectivity index is 0.000000396. The van der Waals surface area contributed by atoms with Crippen molar-refractivity contribution in [1.82, 2.24) is 9.88 Å². The molecule has 0 radical (unpaired) electrons. The summed E-state index contributed by atoms with van der Waals surface area (Å²) in [5.74, 6) is 0. The second kappa shape index (κ2) is 4.97. The number of likely N-dealkylation sites (N-methyl/N-ethyl adjacent to an activating group) is 1. The van der Waals surface area contributed by atoms with Gasteiger partial charge in [0.25, 0.3) is 0 Å². The lowest BCUT2D eigenvalue weighted by molar-refractivity contribution is 0.312. The summed E-state index contributed by atoms with van der Waals surface area (Å²) in [4.78, 5) is 6.44. The number of hydrogen-bond acceptors (Lipinski definition) is 2. The van der Waals surface area contributed by atoms with Crippen LogP contribution in [0.3, 0.4) is 0 Å². The first kappa shape index (κ1) is 10.2. The van der Waals surface area contributed by atoms with E-state index in [1.54, 1.807) is 0 Å². The van der Waals surface area contributed by atoms with Crippen molar-refractivity contribution in [2.75, 3.05) is 13.6 Å². The smallest absolute Gasteiger partial charge is 0.0303 e. The van der Waals surface area contributed by atoms with E-state index in [0.29, 0.717) is 0 Å². The molecule has 0 bridgehead atoms. The highest BCUT2D eigenvalue weighted by Gasteiger charge is 2.11. The fourth-order valence-corrected chi connectivity index (χ4v) is 1.52. The molecule has 0 aromatic carbocycles. The van der Waals surface area contributed by atoms with Gasteiger partial charge >= 0.3 is 0 Å². The van der Waals surface area contributed by atoms with Crippen molar-refractivity contribution in [1.29, 1.82) is 0 Å². The number of rotatable bonds is 0. The van der Waals surface area contributed by atoms with Gasteiger partial charge in [-0.25, -0.2) is 0 Å². The van der Waals surface area contributed by atoms with E-state index < -0.39 is 0 Å². The highest BCUT2D eigenvalue weighted by atomic mass is 15.1. The normalized spacial score (nSPS) is 15.6. The minimum Gasteiger partial charge on any atom is -0.302 e. The maximum Gasteiger partial charge on any atom is 0.0303 e. The van der Waals surface area contributed by atoms with Crippen molar-refractivity contribution in [3.63, 3.8) is 0 Å². The van der Waals surface area contributed by atoms with Crippen LogP contribution >= 0.6 is 0 Å². The number of fused-ring (bicyclic) bond motifs is 1.